The van der Waals surface area contributed by atoms with Crippen molar-refractivity contribution in [1.29, 1.82) is 0 Å². The first-order valence-electron chi connectivity index (χ1n) is 6.70. The highest BCUT2D eigenvalue weighted by Gasteiger charge is 2.49. The van der Waals surface area contributed by atoms with Crippen LogP contribution in [0.25, 0.3) is 10.8 Å². The normalized spacial score (nSPS) is 29.7. The van der Waals surface area contributed by atoms with E-state index in [1.54, 1.807) is 0 Å². The molecule has 2 aromatic rings. The van der Waals surface area contributed by atoms with E-state index < -0.39 is 5.60 Å². The molecule has 1 heterocycles. The van der Waals surface area contributed by atoms with E-state index in [0.29, 0.717) is 0 Å². The van der Waals surface area contributed by atoms with Gasteiger partial charge in [0.1, 0.15) is 17.5 Å². The zero-order chi connectivity index (χ0) is 12.2. The summed E-state index contributed by atoms with van der Waals surface area (Å²) in [6, 6.07) is 12.3. The van der Waals surface area contributed by atoms with Crippen molar-refractivity contribution in [2.75, 3.05) is 0 Å². The Morgan fingerprint density at radius 3 is 2.94 bits per heavy atom. The van der Waals surface area contributed by atoms with Gasteiger partial charge >= 0.3 is 0 Å². The molecule has 1 aliphatic heterocycles. The van der Waals surface area contributed by atoms with Crippen LogP contribution in [0.4, 0.5) is 0 Å². The molecule has 1 N–H and O–H groups in total. The second-order valence-corrected chi connectivity index (χ2v) is 5.44. The van der Waals surface area contributed by atoms with Crippen molar-refractivity contribution in [3.05, 3.63) is 42.0 Å². The molecular weight excluding hydrogens is 224 g/mol. The molecule has 0 bridgehead atoms. The van der Waals surface area contributed by atoms with E-state index in [0.717, 1.165) is 42.4 Å². The Balaban J connectivity index is 2.02. The molecule has 0 aromatic heterocycles. The summed E-state index contributed by atoms with van der Waals surface area (Å²) >= 11 is 0. The highest BCUT2D eigenvalue weighted by Crippen LogP contribution is 2.51. The third-order valence-corrected chi connectivity index (χ3v) is 4.40. The van der Waals surface area contributed by atoms with Gasteiger partial charge in [0.2, 0.25) is 0 Å². The van der Waals surface area contributed by atoms with Gasteiger partial charge in [0.25, 0.3) is 0 Å². The first-order valence-corrected chi connectivity index (χ1v) is 6.70. The molecule has 0 unspecified atom stereocenters. The van der Waals surface area contributed by atoms with E-state index in [4.69, 9.17) is 4.74 Å². The van der Waals surface area contributed by atoms with Gasteiger partial charge in [0.05, 0.1) is 0 Å². The Bertz CT molecular complexity index is 620. The maximum atomic E-state index is 11.0. The molecular formula is C16H16O2. The second kappa shape index (κ2) is 3.48. The summed E-state index contributed by atoms with van der Waals surface area (Å²) in [4.78, 5) is 0. The van der Waals surface area contributed by atoms with Gasteiger partial charge in [-0.05, 0) is 42.5 Å². The summed E-state index contributed by atoms with van der Waals surface area (Å²) in [5.74, 6) is 0.878. The monoisotopic (exact) mass is 240 g/mol. The minimum atomic E-state index is -0.769. The topological polar surface area (TPSA) is 29.5 Å². The number of fused-ring (bicyclic) bond motifs is 5. The molecule has 0 spiro atoms. The number of aliphatic hydroxyl groups is 1. The molecule has 0 saturated heterocycles. The average molecular weight is 240 g/mol. The molecule has 2 heteroatoms. The molecule has 2 atom stereocenters. The maximum Gasteiger partial charge on any atom is 0.132 e. The van der Waals surface area contributed by atoms with E-state index in [9.17, 15) is 5.11 Å². The second-order valence-electron chi connectivity index (χ2n) is 5.44. The number of rotatable bonds is 0. The fourth-order valence-corrected chi connectivity index (χ4v) is 3.52. The van der Waals surface area contributed by atoms with E-state index in [1.807, 2.05) is 18.2 Å². The van der Waals surface area contributed by atoms with E-state index in [1.165, 1.54) is 5.39 Å². The lowest BCUT2D eigenvalue weighted by Crippen LogP contribution is -2.40. The summed E-state index contributed by atoms with van der Waals surface area (Å²) in [5.41, 5.74) is 0.249. The Hall–Kier alpha value is -1.54. The highest BCUT2D eigenvalue weighted by molar-refractivity contribution is 5.89. The van der Waals surface area contributed by atoms with Gasteiger partial charge in [-0.15, -0.1) is 0 Å². The van der Waals surface area contributed by atoms with Crippen LogP contribution in [0.1, 0.15) is 31.2 Å². The van der Waals surface area contributed by atoms with Crippen LogP contribution < -0.4 is 4.74 Å². The molecule has 0 radical (unpaired) electrons. The lowest BCUT2D eigenvalue weighted by atomic mass is 9.77. The van der Waals surface area contributed by atoms with Crippen LogP contribution >= 0.6 is 0 Å². The lowest BCUT2D eigenvalue weighted by Gasteiger charge is -2.33. The molecule has 0 amide bonds. The highest BCUT2D eigenvalue weighted by atomic mass is 16.5. The summed E-state index contributed by atoms with van der Waals surface area (Å²) in [6.07, 6.45) is 3.96. The van der Waals surface area contributed by atoms with Crippen molar-refractivity contribution in [2.45, 2.75) is 37.4 Å². The largest absolute Gasteiger partial charge is 0.487 e. The van der Waals surface area contributed by atoms with Crippen LogP contribution in [0.3, 0.4) is 0 Å². The molecule has 92 valence electrons. The summed E-state index contributed by atoms with van der Waals surface area (Å²) < 4.78 is 5.97. The standard InChI is InChI=1S/C16H16O2/c17-16-10-4-3-7-14(16)18-13-9-8-11-5-1-2-6-12(11)15(13)16/h1-2,5-6,8-9,14,17H,3-4,7,10H2/t14-,16-/m0/s1. The lowest BCUT2D eigenvalue weighted by molar-refractivity contribution is -0.0667. The number of hydrogen-bond donors (Lipinski definition) is 1. The number of ether oxygens (including phenoxy) is 1. The Morgan fingerprint density at radius 1 is 1.11 bits per heavy atom. The number of benzene rings is 2. The van der Waals surface area contributed by atoms with Crippen molar-refractivity contribution in [1.82, 2.24) is 0 Å². The van der Waals surface area contributed by atoms with Crippen LogP contribution in [-0.4, -0.2) is 11.2 Å². The van der Waals surface area contributed by atoms with Crippen LogP contribution in [0, 0.1) is 0 Å². The zero-order valence-corrected chi connectivity index (χ0v) is 10.2. The minimum Gasteiger partial charge on any atom is -0.487 e. The van der Waals surface area contributed by atoms with Gasteiger partial charge in [0.15, 0.2) is 0 Å². The minimum absolute atomic E-state index is 0.0490. The maximum absolute atomic E-state index is 11.0. The smallest absolute Gasteiger partial charge is 0.132 e. The third-order valence-electron chi connectivity index (χ3n) is 4.40. The van der Waals surface area contributed by atoms with Crippen molar-refractivity contribution in [3.63, 3.8) is 0 Å². The first-order chi connectivity index (χ1) is 8.79. The average Bonchev–Trinajstić information content (AvgIpc) is 2.71. The summed E-state index contributed by atoms with van der Waals surface area (Å²) in [5, 5.41) is 13.4. The first kappa shape index (κ1) is 10.4. The summed E-state index contributed by atoms with van der Waals surface area (Å²) in [6.45, 7) is 0. The zero-order valence-electron chi connectivity index (χ0n) is 10.2. The Morgan fingerprint density at radius 2 is 2.00 bits per heavy atom. The van der Waals surface area contributed by atoms with Crippen molar-refractivity contribution < 1.29 is 9.84 Å². The molecule has 1 saturated carbocycles. The van der Waals surface area contributed by atoms with Gasteiger partial charge in [-0.25, -0.2) is 0 Å². The van der Waals surface area contributed by atoms with Crippen molar-refractivity contribution >= 4 is 10.8 Å². The van der Waals surface area contributed by atoms with Gasteiger partial charge in [-0.3, -0.25) is 0 Å². The van der Waals surface area contributed by atoms with Gasteiger partial charge in [-0.2, -0.15) is 0 Å². The van der Waals surface area contributed by atoms with Gasteiger partial charge in [-0.1, -0.05) is 30.3 Å². The van der Waals surface area contributed by atoms with Crippen molar-refractivity contribution in [2.24, 2.45) is 0 Å². The fraction of sp³-hybridized carbons (Fsp3) is 0.375. The molecule has 2 aromatic carbocycles. The van der Waals surface area contributed by atoms with Crippen molar-refractivity contribution in [3.8, 4) is 5.75 Å². The third kappa shape index (κ3) is 1.21. The molecule has 4 rings (SSSR count). The molecule has 2 aliphatic rings. The predicted octanol–water partition coefficient (Wildman–Crippen LogP) is 3.36. The molecule has 1 aliphatic carbocycles. The van der Waals surface area contributed by atoms with Crippen LogP contribution in [0.5, 0.6) is 5.75 Å². The quantitative estimate of drug-likeness (QED) is 0.765. The van der Waals surface area contributed by atoms with E-state index in [2.05, 4.69) is 18.2 Å². The van der Waals surface area contributed by atoms with Gasteiger partial charge < -0.3 is 9.84 Å². The van der Waals surface area contributed by atoms with Crippen LogP contribution in [0.2, 0.25) is 0 Å². The predicted molar refractivity (Wildman–Crippen MR) is 70.7 cm³/mol. The van der Waals surface area contributed by atoms with E-state index in [-0.39, 0.29) is 6.10 Å². The fourth-order valence-electron chi connectivity index (χ4n) is 3.52. The van der Waals surface area contributed by atoms with Gasteiger partial charge in [0, 0.05) is 5.56 Å². The SMILES string of the molecule is O[C@@]12CCCC[C@@H]1Oc1ccc3ccccc3c12. The van der Waals surface area contributed by atoms with E-state index >= 15 is 0 Å². The molecule has 1 fully saturated rings. The molecule has 2 nitrogen and oxygen atoms in total. The molecule has 18 heavy (non-hydrogen) atoms. The number of hydrogen-bond acceptors (Lipinski definition) is 2. The van der Waals surface area contributed by atoms with Crippen LogP contribution in [0.15, 0.2) is 36.4 Å². The summed E-state index contributed by atoms with van der Waals surface area (Å²) in [7, 11) is 0. The Kier molecular flexibility index (Phi) is 2.01. The Labute approximate surface area is 106 Å². The van der Waals surface area contributed by atoms with Crippen LogP contribution in [-0.2, 0) is 5.60 Å².